The summed E-state index contributed by atoms with van der Waals surface area (Å²) in [5, 5.41) is 8.93. The van der Waals surface area contributed by atoms with Gasteiger partial charge in [-0.15, -0.1) is 0 Å². The zero-order valence-electron chi connectivity index (χ0n) is 10.7. The van der Waals surface area contributed by atoms with Gasteiger partial charge in [-0.05, 0) is 18.6 Å². The predicted molar refractivity (Wildman–Crippen MR) is 68.0 cm³/mol. The fourth-order valence-corrected chi connectivity index (χ4v) is 1.58. The molecule has 5 nitrogen and oxygen atoms in total. The summed E-state index contributed by atoms with van der Waals surface area (Å²) in [6.45, 7) is 2.00. The van der Waals surface area contributed by atoms with Crippen molar-refractivity contribution in [2.75, 3.05) is 0 Å². The molecule has 0 fully saturated rings. The number of hydrogen-bond donors (Lipinski definition) is 1. The van der Waals surface area contributed by atoms with E-state index in [1.54, 1.807) is 0 Å². The van der Waals surface area contributed by atoms with Gasteiger partial charge >= 0.3 is 17.9 Å². The molecule has 0 spiro atoms. The highest BCUT2D eigenvalue weighted by Crippen LogP contribution is 2.11. The molecule has 0 atom stereocenters. The monoisotopic (exact) mass is 264 g/mol. The van der Waals surface area contributed by atoms with Crippen LogP contribution in [0.1, 0.15) is 53.3 Å². The van der Waals surface area contributed by atoms with Crippen LogP contribution in [-0.4, -0.2) is 23.0 Å². The summed E-state index contributed by atoms with van der Waals surface area (Å²) in [5.74, 6) is -2.77. The average molecular weight is 264 g/mol. The molecule has 0 saturated heterocycles. The zero-order chi connectivity index (χ0) is 14.3. The third kappa shape index (κ3) is 4.54. The standard InChI is InChI=1S/C14H16O5/c1-2-3-4-9-12(15)19-14(18)11-8-6-5-7-10(11)13(16)17/h5-8H,2-4,9H2,1H3,(H,16,17). The summed E-state index contributed by atoms with van der Waals surface area (Å²) in [7, 11) is 0. The van der Waals surface area contributed by atoms with E-state index in [1.807, 2.05) is 6.92 Å². The maximum atomic E-state index is 11.7. The van der Waals surface area contributed by atoms with E-state index < -0.39 is 17.9 Å². The van der Waals surface area contributed by atoms with E-state index in [-0.39, 0.29) is 17.5 Å². The first-order valence-electron chi connectivity index (χ1n) is 6.13. The summed E-state index contributed by atoms with van der Waals surface area (Å²) in [5.41, 5.74) is -0.285. The number of ether oxygens (including phenoxy) is 1. The van der Waals surface area contributed by atoms with Crippen molar-refractivity contribution in [3.05, 3.63) is 35.4 Å². The molecule has 5 heteroatoms. The SMILES string of the molecule is CCCCCC(=O)OC(=O)c1ccccc1C(=O)O. The first-order chi connectivity index (χ1) is 9.06. The molecule has 0 aromatic heterocycles. The molecule has 0 amide bonds. The van der Waals surface area contributed by atoms with Gasteiger partial charge in [0, 0.05) is 6.42 Å². The van der Waals surface area contributed by atoms with Gasteiger partial charge in [0.1, 0.15) is 0 Å². The van der Waals surface area contributed by atoms with Gasteiger partial charge in [0.15, 0.2) is 0 Å². The molecule has 0 bridgehead atoms. The number of aromatic carboxylic acids is 1. The van der Waals surface area contributed by atoms with Crippen molar-refractivity contribution >= 4 is 17.9 Å². The molecule has 19 heavy (non-hydrogen) atoms. The van der Waals surface area contributed by atoms with Crippen LogP contribution in [0.2, 0.25) is 0 Å². The van der Waals surface area contributed by atoms with Crippen molar-refractivity contribution in [2.45, 2.75) is 32.6 Å². The number of rotatable bonds is 6. The number of carboxylic acids is 1. The van der Waals surface area contributed by atoms with E-state index in [0.717, 1.165) is 12.8 Å². The largest absolute Gasteiger partial charge is 0.478 e. The molecule has 0 unspecified atom stereocenters. The molecule has 1 rings (SSSR count). The number of benzene rings is 1. The lowest BCUT2D eigenvalue weighted by Crippen LogP contribution is -2.15. The van der Waals surface area contributed by atoms with E-state index in [4.69, 9.17) is 5.11 Å². The van der Waals surface area contributed by atoms with Crippen molar-refractivity contribution in [2.24, 2.45) is 0 Å². The number of unbranched alkanes of at least 4 members (excludes halogenated alkanes) is 2. The zero-order valence-corrected chi connectivity index (χ0v) is 10.7. The lowest BCUT2D eigenvalue weighted by molar-refractivity contribution is -0.138. The van der Waals surface area contributed by atoms with Gasteiger partial charge in [-0.3, -0.25) is 4.79 Å². The highest BCUT2D eigenvalue weighted by atomic mass is 16.6. The van der Waals surface area contributed by atoms with Gasteiger partial charge < -0.3 is 9.84 Å². The number of hydrogen-bond acceptors (Lipinski definition) is 4. The molecule has 0 radical (unpaired) electrons. The van der Waals surface area contributed by atoms with Crippen LogP contribution in [-0.2, 0) is 9.53 Å². The molecule has 0 aliphatic carbocycles. The molecule has 0 heterocycles. The highest BCUT2D eigenvalue weighted by molar-refractivity contribution is 6.05. The topological polar surface area (TPSA) is 80.7 Å². The predicted octanol–water partition coefficient (Wildman–Crippen LogP) is 2.65. The highest BCUT2D eigenvalue weighted by Gasteiger charge is 2.19. The fourth-order valence-electron chi connectivity index (χ4n) is 1.58. The first-order valence-corrected chi connectivity index (χ1v) is 6.13. The Morgan fingerprint density at radius 2 is 1.74 bits per heavy atom. The van der Waals surface area contributed by atoms with E-state index in [9.17, 15) is 14.4 Å². The van der Waals surface area contributed by atoms with Crippen molar-refractivity contribution in [3.63, 3.8) is 0 Å². The second-order valence-corrected chi connectivity index (χ2v) is 4.07. The Bertz CT molecular complexity index is 478. The van der Waals surface area contributed by atoms with Crippen LogP contribution in [0.5, 0.6) is 0 Å². The normalized spacial score (nSPS) is 9.95. The molecule has 0 aliphatic rings. The number of esters is 2. The van der Waals surface area contributed by atoms with Crippen LogP contribution in [0.4, 0.5) is 0 Å². The summed E-state index contributed by atoms with van der Waals surface area (Å²) in [6.07, 6.45) is 2.66. The molecule has 1 aromatic carbocycles. The minimum absolute atomic E-state index is 0.112. The van der Waals surface area contributed by atoms with Gasteiger partial charge in [0.25, 0.3) is 0 Å². The second kappa shape index (κ2) is 7.31. The Kier molecular flexibility index (Phi) is 5.73. The summed E-state index contributed by atoms with van der Waals surface area (Å²) >= 11 is 0. The summed E-state index contributed by atoms with van der Waals surface area (Å²) in [6, 6.07) is 5.64. The third-order valence-electron chi connectivity index (χ3n) is 2.57. The van der Waals surface area contributed by atoms with E-state index in [0.29, 0.717) is 6.42 Å². The Balaban J connectivity index is 2.68. The lowest BCUT2D eigenvalue weighted by atomic mass is 10.1. The van der Waals surface area contributed by atoms with E-state index in [1.165, 1.54) is 24.3 Å². The van der Waals surface area contributed by atoms with Crippen LogP contribution in [0.3, 0.4) is 0 Å². The molecular formula is C14H16O5. The summed E-state index contributed by atoms with van der Waals surface area (Å²) in [4.78, 5) is 34.0. The second-order valence-electron chi connectivity index (χ2n) is 4.07. The Labute approximate surface area is 111 Å². The molecule has 102 valence electrons. The Morgan fingerprint density at radius 1 is 1.11 bits per heavy atom. The van der Waals surface area contributed by atoms with Crippen molar-refractivity contribution in [3.8, 4) is 0 Å². The fraction of sp³-hybridized carbons (Fsp3) is 0.357. The smallest absolute Gasteiger partial charge is 0.346 e. The van der Waals surface area contributed by atoms with Gasteiger partial charge in [-0.2, -0.15) is 0 Å². The van der Waals surface area contributed by atoms with Gasteiger partial charge in [0.2, 0.25) is 0 Å². The van der Waals surface area contributed by atoms with Gasteiger partial charge in [-0.1, -0.05) is 31.9 Å². The van der Waals surface area contributed by atoms with Crippen LogP contribution in [0, 0.1) is 0 Å². The maximum absolute atomic E-state index is 11.7. The maximum Gasteiger partial charge on any atom is 0.346 e. The Morgan fingerprint density at radius 3 is 2.32 bits per heavy atom. The Hall–Kier alpha value is -2.17. The third-order valence-corrected chi connectivity index (χ3v) is 2.57. The van der Waals surface area contributed by atoms with Crippen LogP contribution in [0.25, 0.3) is 0 Å². The van der Waals surface area contributed by atoms with Gasteiger partial charge in [-0.25, -0.2) is 9.59 Å². The minimum atomic E-state index is -1.23. The average Bonchev–Trinajstić information content (AvgIpc) is 2.39. The number of carbonyl (C=O) groups is 3. The van der Waals surface area contributed by atoms with Crippen LogP contribution < -0.4 is 0 Å². The molecule has 0 aliphatic heterocycles. The molecule has 1 aromatic rings. The number of carbonyl (C=O) groups excluding carboxylic acids is 2. The quantitative estimate of drug-likeness (QED) is 0.485. The van der Waals surface area contributed by atoms with Crippen molar-refractivity contribution < 1.29 is 24.2 Å². The van der Waals surface area contributed by atoms with E-state index in [2.05, 4.69) is 4.74 Å². The van der Waals surface area contributed by atoms with Crippen molar-refractivity contribution in [1.29, 1.82) is 0 Å². The summed E-state index contributed by atoms with van der Waals surface area (Å²) < 4.78 is 4.63. The van der Waals surface area contributed by atoms with Crippen LogP contribution in [0.15, 0.2) is 24.3 Å². The lowest BCUT2D eigenvalue weighted by Gasteiger charge is -2.05. The molecular weight excluding hydrogens is 248 g/mol. The van der Waals surface area contributed by atoms with E-state index >= 15 is 0 Å². The van der Waals surface area contributed by atoms with Gasteiger partial charge in [0.05, 0.1) is 11.1 Å². The first kappa shape index (κ1) is 14.9. The minimum Gasteiger partial charge on any atom is -0.478 e. The van der Waals surface area contributed by atoms with Crippen molar-refractivity contribution in [1.82, 2.24) is 0 Å². The van der Waals surface area contributed by atoms with Crippen LogP contribution >= 0.6 is 0 Å². The molecule has 1 N–H and O–H groups in total. The molecule has 0 saturated carbocycles. The number of carboxylic acid groups (broad SMARTS) is 1.